The molecule has 0 saturated heterocycles. The number of nitrogens with zero attached hydrogens (tertiary/aromatic N) is 2. The molecular weight excluding hydrogens is 241 g/mol. The average Bonchev–Trinajstić information content (AvgIpc) is 2.42. The van der Waals surface area contributed by atoms with Gasteiger partial charge in [0.25, 0.3) is 0 Å². The molecule has 2 N–H and O–H groups in total. The molecule has 1 aromatic heterocycles. The number of anilines is 1. The highest BCUT2D eigenvalue weighted by Gasteiger charge is 2.04. The van der Waals surface area contributed by atoms with E-state index >= 15 is 0 Å². The summed E-state index contributed by atoms with van der Waals surface area (Å²) in [4.78, 5) is 6.43. The van der Waals surface area contributed by atoms with E-state index in [1.165, 1.54) is 12.1 Å². The number of pyridine rings is 1. The van der Waals surface area contributed by atoms with Gasteiger partial charge in [-0.25, -0.2) is 9.37 Å². The summed E-state index contributed by atoms with van der Waals surface area (Å²) in [5.41, 5.74) is 7.70. The maximum absolute atomic E-state index is 12.8. The Morgan fingerprint density at radius 1 is 1.11 bits per heavy atom. The molecule has 0 aliphatic carbocycles. The first-order valence-corrected chi connectivity index (χ1v) is 6.29. The maximum atomic E-state index is 12.8. The number of hydrogen-bond acceptors (Lipinski definition) is 3. The molecule has 100 valence electrons. The number of benzene rings is 1. The number of nitrogens with two attached hydrogens (primary N) is 1. The van der Waals surface area contributed by atoms with Gasteiger partial charge in [-0.1, -0.05) is 18.2 Å². The van der Waals surface area contributed by atoms with Gasteiger partial charge >= 0.3 is 0 Å². The molecule has 19 heavy (non-hydrogen) atoms. The van der Waals surface area contributed by atoms with Crippen molar-refractivity contribution in [3.63, 3.8) is 0 Å². The van der Waals surface area contributed by atoms with E-state index in [9.17, 15) is 4.39 Å². The van der Waals surface area contributed by atoms with Gasteiger partial charge in [-0.2, -0.15) is 0 Å². The molecule has 0 atom stereocenters. The molecule has 0 spiro atoms. The molecule has 2 rings (SSSR count). The summed E-state index contributed by atoms with van der Waals surface area (Å²) in [6, 6.07) is 10.5. The van der Waals surface area contributed by atoms with Crippen LogP contribution in [0.1, 0.15) is 11.1 Å². The van der Waals surface area contributed by atoms with Crippen molar-refractivity contribution in [2.75, 3.05) is 18.5 Å². The molecule has 0 radical (unpaired) electrons. The van der Waals surface area contributed by atoms with E-state index < -0.39 is 0 Å². The first-order chi connectivity index (χ1) is 9.19. The third kappa shape index (κ3) is 3.76. The summed E-state index contributed by atoms with van der Waals surface area (Å²) < 4.78 is 12.8. The second kappa shape index (κ2) is 6.29. The van der Waals surface area contributed by atoms with Crippen LogP contribution in [0.2, 0.25) is 0 Å². The van der Waals surface area contributed by atoms with Crippen LogP contribution in [0.3, 0.4) is 0 Å². The fourth-order valence-corrected chi connectivity index (χ4v) is 1.90. The zero-order chi connectivity index (χ0) is 13.7. The Balaban J connectivity index is 2.02. The van der Waals surface area contributed by atoms with Gasteiger partial charge in [0.2, 0.25) is 0 Å². The number of rotatable bonds is 5. The van der Waals surface area contributed by atoms with Gasteiger partial charge < -0.3 is 10.6 Å². The molecule has 2 aromatic rings. The average molecular weight is 259 g/mol. The smallest absolute Gasteiger partial charge is 0.128 e. The van der Waals surface area contributed by atoms with Crippen LogP contribution in [-0.4, -0.2) is 18.6 Å². The highest BCUT2D eigenvalue weighted by atomic mass is 19.1. The molecule has 0 unspecified atom stereocenters. The second-order valence-electron chi connectivity index (χ2n) is 4.55. The molecule has 0 amide bonds. The molecule has 0 aliphatic heterocycles. The predicted molar refractivity (Wildman–Crippen MR) is 75.5 cm³/mol. The fraction of sp³-hybridized carbons (Fsp3) is 0.267. The molecule has 0 aliphatic rings. The molecule has 0 saturated carbocycles. The predicted octanol–water partition coefficient (Wildman–Crippen LogP) is 2.36. The summed E-state index contributed by atoms with van der Waals surface area (Å²) in [7, 11) is 1.97. The van der Waals surface area contributed by atoms with E-state index in [1.807, 2.05) is 30.3 Å². The van der Waals surface area contributed by atoms with E-state index in [-0.39, 0.29) is 5.82 Å². The van der Waals surface area contributed by atoms with Crippen LogP contribution >= 0.6 is 0 Å². The van der Waals surface area contributed by atoms with Gasteiger partial charge in [0.05, 0.1) is 0 Å². The van der Waals surface area contributed by atoms with E-state index in [4.69, 9.17) is 5.73 Å². The van der Waals surface area contributed by atoms with Crippen molar-refractivity contribution in [3.05, 3.63) is 59.5 Å². The van der Waals surface area contributed by atoms with Gasteiger partial charge in [0.15, 0.2) is 0 Å². The van der Waals surface area contributed by atoms with Crippen molar-refractivity contribution in [3.8, 4) is 0 Å². The Labute approximate surface area is 112 Å². The Bertz CT molecular complexity index is 508. The Morgan fingerprint density at radius 3 is 2.37 bits per heavy atom. The summed E-state index contributed by atoms with van der Waals surface area (Å²) in [6.07, 6.45) is 2.69. The van der Waals surface area contributed by atoms with Crippen LogP contribution in [0.4, 0.5) is 10.2 Å². The van der Waals surface area contributed by atoms with Crippen LogP contribution in [0.15, 0.2) is 42.6 Å². The highest BCUT2D eigenvalue weighted by molar-refractivity contribution is 5.39. The lowest BCUT2D eigenvalue weighted by Gasteiger charge is -2.18. The van der Waals surface area contributed by atoms with Crippen LogP contribution in [0, 0.1) is 5.82 Å². The van der Waals surface area contributed by atoms with Crippen molar-refractivity contribution < 1.29 is 4.39 Å². The quantitative estimate of drug-likeness (QED) is 0.896. The van der Waals surface area contributed by atoms with Crippen molar-refractivity contribution in [2.45, 2.75) is 13.0 Å². The van der Waals surface area contributed by atoms with Crippen molar-refractivity contribution in [2.24, 2.45) is 5.73 Å². The zero-order valence-electron chi connectivity index (χ0n) is 11.0. The number of hydrogen-bond donors (Lipinski definition) is 1. The topological polar surface area (TPSA) is 42.1 Å². The summed E-state index contributed by atoms with van der Waals surface area (Å²) in [6.45, 7) is 1.33. The highest BCUT2D eigenvalue weighted by Crippen LogP contribution is 2.13. The van der Waals surface area contributed by atoms with Crippen molar-refractivity contribution in [1.29, 1.82) is 0 Å². The Kier molecular flexibility index (Phi) is 4.47. The van der Waals surface area contributed by atoms with Crippen LogP contribution < -0.4 is 10.6 Å². The largest absolute Gasteiger partial charge is 0.355 e. The van der Waals surface area contributed by atoms with E-state index in [1.54, 1.807) is 12.1 Å². The van der Waals surface area contributed by atoms with Crippen LogP contribution in [-0.2, 0) is 13.0 Å². The number of halogens is 1. The normalized spacial score (nSPS) is 10.5. The fourth-order valence-electron chi connectivity index (χ4n) is 1.90. The van der Waals surface area contributed by atoms with E-state index in [0.717, 1.165) is 23.4 Å². The monoisotopic (exact) mass is 259 g/mol. The lowest BCUT2D eigenvalue weighted by molar-refractivity contribution is 0.627. The number of aromatic nitrogens is 1. The molecular formula is C15H18FN3. The summed E-state index contributed by atoms with van der Waals surface area (Å²) in [5, 5.41) is 0. The van der Waals surface area contributed by atoms with E-state index in [2.05, 4.69) is 4.98 Å². The standard InChI is InChI=1S/C15H18FN3/c1-19(11-13-2-5-14(16)6-3-13)15-7-4-12(8-9-17)10-18-15/h2-7,10H,8-9,11,17H2,1H3. The van der Waals surface area contributed by atoms with Gasteiger partial charge in [-0.3, -0.25) is 0 Å². The molecule has 3 nitrogen and oxygen atoms in total. The third-order valence-corrected chi connectivity index (χ3v) is 2.97. The van der Waals surface area contributed by atoms with Crippen molar-refractivity contribution in [1.82, 2.24) is 4.98 Å². The van der Waals surface area contributed by atoms with Crippen LogP contribution in [0.5, 0.6) is 0 Å². The maximum Gasteiger partial charge on any atom is 0.128 e. The van der Waals surface area contributed by atoms with Gasteiger partial charge in [0, 0.05) is 19.8 Å². The second-order valence-corrected chi connectivity index (χ2v) is 4.55. The zero-order valence-corrected chi connectivity index (χ0v) is 11.0. The molecule has 1 heterocycles. The van der Waals surface area contributed by atoms with Crippen molar-refractivity contribution >= 4 is 5.82 Å². The molecule has 4 heteroatoms. The van der Waals surface area contributed by atoms with Gasteiger partial charge in [0.1, 0.15) is 11.6 Å². The van der Waals surface area contributed by atoms with Crippen LogP contribution in [0.25, 0.3) is 0 Å². The van der Waals surface area contributed by atoms with E-state index in [0.29, 0.717) is 13.1 Å². The minimum Gasteiger partial charge on any atom is -0.355 e. The molecule has 1 aromatic carbocycles. The van der Waals surface area contributed by atoms with Gasteiger partial charge in [-0.05, 0) is 42.3 Å². The Hall–Kier alpha value is -1.94. The summed E-state index contributed by atoms with van der Waals surface area (Å²) in [5.74, 6) is 0.681. The lowest BCUT2D eigenvalue weighted by Crippen LogP contribution is -2.17. The SMILES string of the molecule is CN(Cc1ccc(F)cc1)c1ccc(CCN)cn1. The van der Waals surface area contributed by atoms with Gasteiger partial charge in [-0.15, -0.1) is 0 Å². The Morgan fingerprint density at radius 2 is 1.79 bits per heavy atom. The minimum absolute atomic E-state index is 0.212. The minimum atomic E-state index is -0.212. The first-order valence-electron chi connectivity index (χ1n) is 6.29. The summed E-state index contributed by atoms with van der Waals surface area (Å²) >= 11 is 0. The third-order valence-electron chi connectivity index (χ3n) is 2.97. The lowest BCUT2D eigenvalue weighted by atomic mass is 10.2. The molecule has 0 fully saturated rings. The first kappa shape index (κ1) is 13.5. The molecule has 0 bridgehead atoms.